The van der Waals surface area contributed by atoms with Gasteiger partial charge in [0.2, 0.25) is 15.3 Å². The van der Waals surface area contributed by atoms with Gasteiger partial charge in [-0.25, -0.2) is 8.42 Å². The fourth-order valence-corrected chi connectivity index (χ4v) is 3.54. The topological polar surface area (TPSA) is 54.5 Å². The van der Waals surface area contributed by atoms with Crippen molar-refractivity contribution in [1.29, 1.82) is 0 Å². The van der Waals surface area contributed by atoms with Crippen LogP contribution in [0.2, 0.25) is 0 Å². The molecule has 6 heteroatoms. The molecule has 0 N–H and O–H groups in total. The van der Waals surface area contributed by atoms with Gasteiger partial charge in [0, 0.05) is 0 Å². The fourth-order valence-electron chi connectivity index (χ4n) is 1.96. The molecule has 1 aromatic carbocycles. The minimum absolute atomic E-state index is 0.0880. The van der Waals surface area contributed by atoms with Crippen LogP contribution in [0.1, 0.15) is 25.0 Å². The van der Waals surface area contributed by atoms with Gasteiger partial charge in [0.25, 0.3) is 0 Å². The van der Waals surface area contributed by atoms with Crippen molar-refractivity contribution in [3.63, 3.8) is 0 Å². The van der Waals surface area contributed by atoms with Crippen molar-refractivity contribution in [2.75, 3.05) is 10.1 Å². The van der Waals surface area contributed by atoms with Crippen LogP contribution in [-0.4, -0.2) is 25.5 Å². The highest BCUT2D eigenvalue weighted by molar-refractivity contribution is 7.92. The number of aryl methyl sites for hydroxylation is 2. The van der Waals surface area contributed by atoms with Crippen molar-refractivity contribution in [3.8, 4) is 0 Å². The summed E-state index contributed by atoms with van der Waals surface area (Å²) in [5.41, 5.74) is 2.12. The maximum atomic E-state index is 12.3. The molecule has 4 nitrogen and oxygen atoms in total. The van der Waals surface area contributed by atoms with Gasteiger partial charge in [0.15, 0.2) is 0 Å². The first-order valence-corrected chi connectivity index (χ1v) is 7.98. The first-order chi connectivity index (χ1) is 8.72. The number of nitrogens with zero attached hydrogens (tertiary/aromatic N) is 1. The van der Waals surface area contributed by atoms with Gasteiger partial charge in [-0.2, -0.15) is 0 Å². The molecule has 0 fully saturated rings. The standard InChI is InChI=1S/C13H18ClNO3S/c1-5-19(17,18)15(11(4)13(14)16)12-9(2)7-6-8-10(12)3/h6-8,11H,5H2,1-4H3. The van der Waals surface area contributed by atoms with Gasteiger partial charge in [0.1, 0.15) is 6.04 Å². The lowest BCUT2D eigenvalue weighted by atomic mass is 10.1. The molecule has 106 valence electrons. The Morgan fingerprint density at radius 3 is 2.16 bits per heavy atom. The molecule has 0 aliphatic carbocycles. The molecule has 0 amide bonds. The highest BCUT2D eigenvalue weighted by atomic mass is 35.5. The van der Waals surface area contributed by atoms with Gasteiger partial charge in [-0.3, -0.25) is 9.10 Å². The average Bonchev–Trinajstić information content (AvgIpc) is 2.32. The normalized spacial score (nSPS) is 13.1. The number of carbonyl (C=O) groups excluding carboxylic acids is 1. The molecule has 0 saturated heterocycles. The van der Waals surface area contributed by atoms with Crippen molar-refractivity contribution in [2.24, 2.45) is 0 Å². The molecule has 0 heterocycles. The van der Waals surface area contributed by atoms with E-state index in [0.717, 1.165) is 15.4 Å². The number of carbonyl (C=O) groups is 1. The lowest BCUT2D eigenvalue weighted by Crippen LogP contribution is -2.43. The summed E-state index contributed by atoms with van der Waals surface area (Å²) in [6, 6.07) is 4.54. The molecule has 1 rings (SSSR count). The molecular formula is C13H18ClNO3S. The second kappa shape index (κ2) is 5.92. The quantitative estimate of drug-likeness (QED) is 0.786. The van der Waals surface area contributed by atoms with E-state index in [4.69, 9.17) is 11.6 Å². The predicted molar refractivity (Wildman–Crippen MR) is 78.2 cm³/mol. The molecule has 1 unspecified atom stereocenters. The zero-order valence-electron chi connectivity index (χ0n) is 11.5. The van der Waals surface area contributed by atoms with Crippen LogP contribution in [0.15, 0.2) is 18.2 Å². The lowest BCUT2D eigenvalue weighted by Gasteiger charge is -2.30. The van der Waals surface area contributed by atoms with Crippen LogP contribution in [0.5, 0.6) is 0 Å². The Balaban J connectivity index is 3.54. The number of halogens is 1. The average molecular weight is 304 g/mol. The van der Waals surface area contributed by atoms with Crippen molar-refractivity contribution in [3.05, 3.63) is 29.3 Å². The fraction of sp³-hybridized carbons (Fsp3) is 0.462. The van der Waals surface area contributed by atoms with E-state index in [-0.39, 0.29) is 5.75 Å². The highest BCUT2D eigenvalue weighted by Crippen LogP contribution is 2.29. The van der Waals surface area contributed by atoms with Crippen LogP contribution in [0, 0.1) is 13.8 Å². The van der Waals surface area contributed by atoms with Gasteiger partial charge in [-0.05, 0) is 50.4 Å². The maximum absolute atomic E-state index is 12.3. The minimum Gasteiger partial charge on any atom is -0.279 e. The summed E-state index contributed by atoms with van der Waals surface area (Å²) in [4.78, 5) is 11.4. The Morgan fingerprint density at radius 2 is 1.79 bits per heavy atom. The highest BCUT2D eigenvalue weighted by Gasteiger charge is 2.31. The van der Waals surface area contributed by atoms with E-state index >= 15 is 0 Å². The number of para-hydroxylation sites is 1. The summed E-state index contributed by atoms with van der Waals surface area (Å²) < 4.78 is 25.7. The number of benzene rings is 1. The van der Waals surface area contributed by atoms with E-state index in [0.29, 0.717) is 5.69 Å². The van der Waals surface area contributed by atoms with E-state index in [1.165, 1.54) is 6.92 Å². The lowest BCUT2D eigenvalue weighted by molar-refractivity contribution is -0.112. The maximum Gasteiger partial charge on any atom is 0.245 e. The summed E-state index contributed by atoms with van der Waals surface area (Å²) >= 11 is 5.50. The van der Waals surface area contributed by atoms with Crippen molar-refractivity contribution in [2.45, 2.75) is 33.7 Å². The van der Waals surface area contributed by atoms with Crippen LogP contribution in [0.4, 0.5) is 5.69 Å². The Hall–Kier alpha value is -1.07. The van der Waals surface area contributed by atoms with Crippen molar-refractivity contribution >= 4 is 32.6 Å². The molecule has 0 radical (unpaired) electrons. The van der Waals surface area contributed by atoms with Gasteiger partial charge in [-0.1, -0.05) is 18.2 Å². The summed E-state index contributed by atoms with van der Waals surface area (Å²) in [6.45, 7) is 6.66. The number of rotatable bonds is 5. The van der Waals surface area contributed by atoms with E-state index < -0.39 is 21.3 Å². The van der Waals surface area contributed by atoms with Crippen LogP contribution >= 0.6 is 11.6 Å². The molecule has 0 saturated carbocycles. The van der Waals surface area contributed by atoms with Gasteiger partial charge < -0.3 is 0 Å². The van der Waals surface area contributed by atoms with E-state index in [1.807, 2.05) is 32.0 Å². The molecule has 0 bridgehead atoms. The van der Waals surface area contributed by atoms with Crippen LogP contribution < -0.4 is 4.31 Å². The molecule has 0 aromatic heterocycles. The van der Waals surface area contributed by atoms with Crippen LogP contribution in [-0.2, 0) is 14.8 Å². The molecule has 0 aliphatic heterocycles. The Labute approximate surface area is 119 Å². The third-order valence-electron chi connectivity index (χ3n) is 3.00. The Morgan fingerprint density at radius 1 is 1.32 bits per heavy atom. The molecule has 1 aromatic rings. The smallest absolute Gasteiger partial charge is 0.245 e. The zero-order valence-corrected chi connectivity index (χ0v) is 13.0. The van der Waals surface area contributed by atoms with E-state index in [2.05, 4.69) is 0 Å². The second-order valence-electron chi connectivity index (χ2n) is 4.42. The van der Waals surface area contributed by atoms with E-state index in [1.54, 1.807) is 6.92 Å². The third-order valence-corrected chi connectivity index (χ3v) is 5.15. The number of anilines is 1. The summed E-state index contributed by atoms with van der Waals surface area (Å²) in [5, 5.41) is -0.695. The molecule has 19 heavy (non-hydrogen) atoms. The monoisotopic (exact) mass is 303 g/mol. The zero-order chi connectivity index (χ0) is 14.8. The molecule has 1 atom stereocenters. The largest absolute Gasteiger partial charge is 0.279 e. The Bertz CT molecular complexity index is 563. The first-order valence-electron chi connectivity index (χ1n) is 6.00. The summed E-state index contributed by atoms with van der Waals surface area (Å²) in [5.74, 6) is -0.0880. The number of sulfonamides is 1. The number of hydrogen-bond acceptors (Lipinski definition) is 3. The SMILES string of the molecule is CCS(=O)(=O)N(c1c(C)cccc1C)C(C)C(=O)Cl. The van der Waals surface area contributed by atoms with Gasteiger partial charge >= 0.3 is 0 Å². The molecule has 0 spiro atoms. The molecule has 0 aliphatic rings. The second-order valence-corrected chi connectivity index (χ2v) is 6.92. The predicted octanol–water partition coefficient (Wildman–Crippen LogP) is 2.61. The van der Waals surface area contributed by atoms with Gasteiger partial charge in [-0.15, -0.1) is 0 Å². The van der Waals surface area contributed by atoms with Crippen molar-refractivity contribution in [1.82, 2.24) is 0 Å². The van der Waals surface area contributed by atoms with E-state index in [9.17, 15) is 13.2 Å². The first kappa shape index (κ1) is 16.0. The van der Waals surface area contributed by atoms with Crippen LogP contribution in [0.3, 0.4) is 0 Å². The van der Waals surface area contributed by atoms with Gasteiger partial charge in [0.05, 0.1) is 11.4 Å². The summed E-state index contributed by atoms with van der Waals surface area (Å²) in [6.07, 6.45) is 0. The number of hydrogen-bond donors (Lipinski definition) is 0. The third kappa shape index (κ3) is 3.28. The minimum atomic E-state index is -3.57. The van der Waals surface area contributed by atoms with Crippen molar-refractivity contribution < 1.29 is 13.2 Å². The molecular weight excluding hydrogens is 286 g/mol. The Kier molecular flexibility index (Phi) is 4.98. The van der Waals surface area contributed by atoms with Crippen LogP contribution in [0.25, 0.3) is 0 Å². The summed E-state index contributed by atoms with van der Waals surface area (Å²) in [7, 11) is -3.57.